The van der Waals surface area contributed by atoms with E-state index in [4.69, 9.17) is 11.6 Å². The number of imidazole rings is 1. The fourth-order valence-electron chi connectivity index (χ4n) is 2.97. The van der Waals surface area contributed by atoms with Crippen molar-refractivity contribution < 1.29 is 0 Å². The second-order valence-electron chi connectivity index (χ2n) is 5.83. The molecule has 0 saturated carbocycles. The minimum absolute atomic E-state index is 0.545. The first-order valence-corrected chi connectivity index (χ1v) is 8.18. The number of hydrogen-bond donors (Lipinski definition) is 1. The van der Waals surface area contributed by atoms with Crippen molar-refractivity contribution in [3.63, 3.8) is 0 Å². The summed E-state index contributed by atoms with van der Waals surface area (Å²) in [6.45, 7) is 4.89. The number of piperazine rings is 1. The monoisotopic (exact) mass is 327 g/mol. The fourth-order valence-corrected chi connectivity index (χ4v) is 3.08. The maximum Gasteiger partial charge on any atom is 0.203 e. The highest BCUT2D eigenvalue weighted by Crippen LogP contribution is 2.19. The Kier molecular flexibility index (Phi) is 3.89. The summed E-state index contributed by atoms with van der Waals surface area (Å²) in [7, 11) is 0. The zero-order chi connectivity index (χ0) is 15.6. The summed E-state index contributed by atoms with van der Waals surface area (Å²) >= 11 is 5.83. The van der Waals surface area contributed by atoms with Gasteiger partial charge in [-0.3, -0.25) is 4.90 Å². The molecule has 0 spiro atoms. The number of benzene rings is 1. The smallest absolute Gasteiger partial charge is 0.203 e. The highest BCUT2D eigenvalue weighted by atomic mass is 35.5. The number of fused-ring (bicyclic) bond motifs is 1. The number of para-hydroxylation sites is 2. The van der Waals surface area contributed by atoms with E-state index in [1.807, 2.05) is 36.5 Å². The van der Waals surface area contributed by atoms with Crippen LogP contribution in [0, 0.1) is 0 Å². The van der Waals surface area contributed by atoms with Crippen molar-refractivity contribution in [1.29, 1.82) is 0 Å². The zero-order valence-corrected chi connectivity index (χ0v) is 13.5. The van der Waals surface area contributed by atoms with Gasteiger partial charge in [-0.1, -0.05) is 29.8 Å². The predicted molar refractivity (Wildman–Crippen MR) is 92.8 cm³/mol. The second kappa shape index (κ2) is 6.18. The van der Waals surface area contributed by atoms with Crippen molar-refractivity contribution >= 4 is 28.6 Å². The Morgan fingerprint density at radius 2 is 1.87 bits per heavy atom. The standard InChI is InChI=1S/C17H18ClN5/c18-16-6-5-13(11-19-16)12-22-7-9-23(10-8-22)17-20-14-3-1-2-4-15(14)21-17/h1-6,11H,7-10,12H2,(H,20,21). The first-order chi connectivity index (χ1) is 11.3. The van der Waals surface area contributed by atoms with Gasteiger partial charge in [0.1, 0.15) is 5.15 Å². The van der Waals surface area contributed by atoms with E-state index < -0.39 is 0 Å². The van der Waals surface area contributed by atoms with Crippen molar-refractivity contribution in [2.75, 3.05) is 31.1 Å². The molecule has 4 rings (SSSR count). The number of nitrogens with one attached hydrogen (secondary N) is 1. The number of aromatic nitrogens is 3. The molecule has 118 valence electrons. The molecule has 0 radical (unpaired) electrons. The lowest BCUT2D eigenvalue weighted by atomic mass is 10.2. The molecule has 2 aromatic heterocycles. The van der Waals surface area contributed by atoms with Crippen molar-refractivity contribution in [3.8, 4) is 0 Å². The summed E-state index contributed by atoms with van der Waals surface area (Å²) < 4.78 is 0. The Bertz CT molecular complexity index is 757. The molecule has 1 saturated heterocycles. The third-order valence-electron chi connectivity index (χ3n) is 4.24. The van der Waals surface area contributed by atoms with E-state index in [-0.39, 0.29) is 0 Å². The summed E-state index contributed by atoms with van der Waals surface area (Å²) in [6.07, 6.45) is 1.86. The quantitative estimate of drug-likeness (QED) is 0.751. The van der Waals surface area contributed by atoms with Crippen LogP contribution in [0.3, 0.4) is 0 Å². The van der Waals surface area contributed by atoms with Gasteiger partial charge in [-0.15, -0.1) is 0 Å². The van der Waals surface area contributed by atoms with E-state index in [1.54, 1.807) is 0 Å². The highest BCUT2D eigenvalue weighted by molar-refractivity contribution is 6.29. The molecular formula is C17H18ClN5. The maximum atomic E-state index is 5.83. The topological polar surface area (TPSA) is 48.0 Å². The van der Waals surface area contributed by atoms with Crippen LogP contribution in [0.2, 0.25) is 5.15 Å². The summed E-state index contributed by atoms with van der Waals surface area (Å²) in [6, 6.07) is 12.0. The Labute approximate surface area is 139 Å². The van der Waals surface area contributed by atoms with Gasteiger partial charge in [0.15, 0.2) is 0 Å². The molecule has 1 fully saturated rings. The van der Waals surface area contributed by atoms with Crippen molar-refractivity contribution in [2.24, 2.45) is 0 Å². The third kappa shape index (κ3) is 3.16. The second-order valence-corrected chi connectivity index (χ2v) is 6.22. The number of H-pyrrole nitrogens is 1. The molecule has 0 aliphatic carbocycles. The van der Waals surface area contributed by atoms with Crippen LogP contribution in [0.1, 0.15) is 5.56 Å². The number of rotatable bonds is 3. The van der Waals surface area contributed by atoms with E-state index in [1.165, 1.54) is 5.56 Å². The molecular weight excluding hydrogens is 310 g/mol. The van der Waals surface area contributed by atoms with Gasteiger partial charge in [0, 0.05) is 38.9 Å². The SMILES string of the molecule is Clc1ccc(CN2CCN(c3nc4ccccc4[nH]3)CC2)cn1. The number of pyridine rings is 1. The highest BCUT2D eigenvalue weighted by Gasteiger charge is 2.19. The molecule has 0 amide bonds. The van der Waals surface area contributed by atoms with Gasteiger partial charge in [0.25, 0.3) is 0 Å². The summed E-state index contributed by atoms with van der Waals surface area (Å²) in [5.74, 6) is 0.971. The van der Waals surface area contributed by atoms with E-state index in [2.05, 4.69) is 30.8 Å². The van der Waals surface area contributed by atoms with Gasteiger partial charge >= 0.3 is 0 Å². The maximum absolute atomic E-state index is 5.83. The largest absolute Gasteiger partial charge is 0.340 e. The van der Waals surface area contributed by atoms with E-state index in [0.29, 0.717) is 5.15 Å². The molecule has 1 aromatic carbocycles. The van der Waals surface area contributed by atoms with Gasteiger partial charge in [-0.05, 0) is 23.8 Å². The number of nitrogens with zero attached hydrogens (tertiary/aromatic N) is 4. The average molecular weight is 328 g/mol. The van der Waals surface area contributed by atoms with Crippen LogP contribution in [0.4, 0.5) is 5.95 Å². The molecule has 23 heavy (non-hydrogen) atoms. The molecule has 3 aromatic rings. The van der Waals surface area contributed by atoms with Crippen molar-refractivity contribution in [2.45, 2.75) is 6.54 Å². The van der Waals surface area contributed by atoms with E-state index in [0.717, 1.165) is 49.7 Å². The van der Waals surface area contributed by atoms with Gasteiger partial charge in [0.05, 0.1) is 11.0 Å². The molecule has 5 nitrogen and oxygen atoms in total. The first kappa shape index (κ1) is 14.5. The van der Waals surface area contributed by atoms with Crippen LogP contribution < -0.4 is 4.90 Å². The van der Waals surface area contributed by atoms with E-state index in [9.17, 15) is 0 Å². The van der Waals surface area contributed by atoms with Crippen LogP contribution in [0.25, 0.3) is 11.0 Å². The van der Waals surface area contributed by atoms with Gasteiger partial charge in [0.2, 0.25) is 5.95 Å². The predicted octanol–water partition coefficient (Wildman–Crippen LogP) is 2.93. The Morgan fingerprint density at radius 1 is 1.04 bits per heavy atom. The molecule has 0 unspecified atom stereocenters. The van der Waals surface area contributed by atoms with Crippen LogP contribution in [-0.4, -0.2) is 46.0 Å². The third-order valence-corrected chi connectivity index (χ3v) is 4.47. The normalized spacial score (nSPS) is 16.1. The summed E-state index contributed by atoms with van der Waals surface area (Å²) in [4.78, 5) is 17.0. The van der Waals surface area contributed by atoms with Gasteiger partial charge in [-0.25, -0.2) is 9.97 Å². The van der Waals surface area contributed by atoms with Gasteiger partial charge in [-0.2, -0.15) is 0 Å². The Balaban J connectivity index is 1.39. The number of halogens is 1. The minimum atomic E-state index is 0.545. The minimum Gasteiger partial charge on any atom is -0.340 e. The van der Waals surface area contributed by atoms with Crippen LogP contribution in [0.5, 0.6) is 0 Å². The molecule has 1 N–H and O–H groups in total. The molecule has 0 bridgehead atoms. The Morgan fingerprint density at radius 3 is 2.61 bits per heavy atom. The zero-order valence-electron chi connectivity index (χ0n) is 12.7. The molecule has 3 heterocycles. The lowest BCUT2D eigenvalue weighted by Gasteiger charge is -2.34. The van der Waals surface area contributed by atoms with Crippen LogP contribution in [-0.2, 0) is 6.54 Å². The number of aromatic amines is 1. The lowest BCUT2D eigenvalue weighted by Crippen LogP contribution is -2.46. The Hall–Kier alpha value is -2.11. The molecule has 1 aliphatic rings. The van der Waals surface area contributed by atoms with Gasteiger partial charge < -0.3 is 9.88 Å². The van der Waals surface area contributed by atoms with Crippen LogP contribution >= 0.6 is 11.6 Å². The first-order valence-electron chi connectivity index (χ1n) is 7.80. The molecule has 0 atom stereocenters. The molecule has 1 aliphatic heterocycles. The number of hydrogen-bond acceptors (Lipinski definition) is 4. The molecule has 6 heteroatoms. The van der Waals surface area contributed by atoms with Crippen molar-refractivity contribution in [3.05, 3.63) is 53.3 Å². The summed E-state index contributed by atoms with van der Waals surface area (Å²) in [5.41, 5.74) is 3.32. The average Bonchev–Trinajstić information content (AvgIpc) is 3.02. The lowest BCUT2D eigenvalue weighted by molar-refractivity contribution is 0.248. The number of anilines is 1. The summed E-state index contributed by atoms with van der Waals surface area (Å²) in [5, 5.41) is 0.545. The fraction of sp³-hybridized carbons (Fsp3) is 0.294. The van der Waals surface area contributed by atoms with Crippen molar-refractivity contribution in [1.82, 2.24) is 19.9 Å². The van der Waals surface area contributed by atoms with Crippen LogP contribution in [0.15, 0.2) is 42.6 Å². The van der Waals surface area contributed by atoms with E-state index >= 15 is 0 Å².